The summed E-state index contributed by atoms with van der Waals surface area (Å²) in [6.07, 6.45) is 6.50. The minimum atomic E-state index is -0.0456. The first-order valence-corrected chi connectivity index (χ1v) is 3.48. The van der Waals surface area contributed by atoms with Crippen molar-refractivity contribution in [3.05, 3.63) is 23.7 Å². The molecule has 0 aliphatic carbocycles. The molecule has 1 aromatic heterocycles. The molecule has 1 rings (SSSR count). The van der Waals surface area contributed by atoms with E-state index in [9.17, 15) is 0 Å². The monoisotopic (exact) mass is 150 g/mol. The Kier molecular flexibility index (Phi) is 2.76. The second kappa shape index (κ2) is 3.85. The molecule has 1 heterocycles. The Hall–Kier alpha value is -1.20. The topological polar surface area (TPSA) is 33.4 Å². The average Bonchev–Trinajstić information content (AvgIpc) is 2.48. The zero-order valence-corrected chi connectivity index (χ0v) is 6.21. The van der Waals surface area contributed by atoms with Crippen molar-refractivity contribution in [2.24, 2.45) is 0 Å². The summed E-state index contributed by atoms with van der Waals surface area (Å²) >= 11 is 0. The van der Waals surface area contributed by atoms with Crippen LogP contribution in [0.15, 0.2) is 16.5 Å². The van der Waals surface area contributed by atoms with Crippen LogP contribution in [-0.4, -0.2) is 5.11 Å². The first-order valence-electron chi connectivity index (χ1n) is 3.48. The van der Waals surface area contributed by atoms with E-state index in [4.69, 9.17) is 15.9 Å². The van der Waals surface area contributed by atoms with E-state index in [0.717, 1.165) is 12.2 Å². The lowest BCUT2D eigenvalue weighted by Gasteiger charge is -1.89. The Morgan fingerprint density at radius 2 is 2.18 bits per heavy atom. The summed E-state index contributed by atoms with van der Waals surface area (Å²) in [6, 6.07) is 3.59. The van der Waals surface area contributed by atoms with Crippen LogP contribution in [0, 0.1) is 12.3 Å². The van der Waals surface area contributed by atoms with E-state index in [1.165, 1.54) is 0 Å². The maximum Gasteiger partial charge on any atom is 0.129 e. The predicted octanol–water partition coefficient (Wildman–Crippen LogP) is 1.34. The molecule has 0 aromatic carbocycles. The minimum absolute atomic E-state index is 0.0456. The first-order chi connectivity index (χ1) is 5.36. The summed E-state index contributed by atoms with van der Waals surface area (Å²) < 4.78 is 5.19. The molecule has 0 aliphatic heterocycles. The number of terminal acetylenes is 1. The summed E-state index contributed by atoms with van der Waals surface area (Å²) in [5.74, 6) is 3.96. The molecule has 11 heavy (non-hydrogen) atoms. The summed E-state index contributed by atoms with van der Waals surface area (Å²) in [6.45, 7) is -0.0456. The van der Waals surface area contributed by atoms with Crippen molar-refractivity contribution in [2.45, 2.75) is 19.4 Å². The predicted molar refractivity (Wildman–Crippen MR) is 41.8 cm³/mol. The highest BCUT2D eigenvalue weighted by Gasteiger charge is 1.98. The third-order valence-electron chi connectivity index (χ3n) is 1.39. The molecule has 0 saturated carbocycles. The normalized spacial score (nSPS) is 9.45. The van der Waals surface area contributed by atoms with Crippen LogP contribution in [0.3, 0.4) is 0 Å². The lowest BCUT2D eigenvalue weighted by Crippen LogP contribution is -1.78. The van der Waals surface area contributed by atoms with Crippen LogP contribution in [0.1, 0.15) is 17.9 Å². The van der Waals surface area contributed by atoms with Gasteiger partial charge in [-0.05, 0) is 12.1 Å². The van der Waals surface area contributed by atoms with Gasteiger partial charge >= 0.3 is 0 Å². The Labute approximate surface area is 65.8 Å². The molecule has 0 bridgehead atoms. The van der Waals surface area contributed by atoms with E-state index < -0.39 is 0 Å². The van der Waals surface area contributed by atoms with Crippen molar-refractivity contribution in [3.8, 4) is 12.3 Å². The van der Waals surface area contributed by atoms with E-state index in [-0.39, 0.29) is 6.61 Å². The largest absolute Gasteiger partial charge is 0.464 e. The molecule has 0 aliphatic rings. The van der Waals surface area contributed by atoms with Crippen LogP contribution in [-0.2, 0) is 13.0 Å². The molecule has 0 unspecified atom stereocenters. The number of hydrogen-bond acceptors (Lipinski definition) is 2. The molecule has 0 saturated heterocycles. The summed E-state index contributed by atoms with van der Waals surface area (Å²) in [7, 11) is 0. The first kappa shape index (κ1) is 7.90. The van der Waals surface area contributed by atoms with Crippen molar-refractivity contribution in [3.63, 3.8) is 0 Å². The number of rotatable bonds is 3. The van der Waals surface area contributed by atoms with Gasteiger partial charge in [-0.2, -0.15) is 0 Å². The van der Waals surface area contributed by atoms with E-state index in [0.29, 0.717) is 12.2 Å². The molecule has 58 valence electrons. The Bertz CT molecular complexity index is 255. The van der Waals surface area contributed by atoms with Crippen molar-refractivity contribution in [1.29, 1.82) is 0 Å². The van der Waals surface area contributed by atoms with Gasteiger partial charge in [0.25, 0.3) is 0 Å². The molecule has 0 radical (unpaired) electrons. The van der Waals surface area contributed by atoms with Crippen LogP contribution < -0.4 is 0 Å². The second-order valence-electron chi connectivity index (χ2n) is 2.23. The van der Waals surface area contributed by atoms with Gasteiger partial charge in [0, 0.05) is 12.8 Å². The third-order valence-corrected chi connectivity index (χ3v) is 1.39. The smallest absolute Gasteiger partial charge is 0.129 e. The van der Waals surface area contributed by atoms with Gasteiger partial charge in [0.1, 0.15) is 18.1 Å². The molecule has 0 amide bonds. The van der Waals surface area contributed by atoms with Gasteiger partial charge in [-0.1, -0.05) is 0 Å². The number of aryl methyl sites for hydroxylation is 1. The van der Waals surface area contributed by atoms with Gasteiger partial charge in [-0.3, -0.25) is 0 Å². The number of hydrogen-bond donors (Lipinski definition) is 1. The van der Waals surface area contributed by atoms with Gasteiger partial charge < -0.3 is 9.52 Å². The van der Waals surface area contributed by atoms with Crippen LogP contribution >= 0.6 is 0 Å². The maximum atomic E-state index is 8.64. The fourth-order valence-corrected chi connectivity index (χ4v) is 0.837. The van der Waals surface area contributed by atoms with Crippen LogP contribution in [0.25, 0.3) is 0 Å². The average molecular weight is 150 g/mol. The number of aliphatic hydroxyl groups excluding tert-OH is 1. The minimum Gasteiger partial charge on any atom is -0.464 e. The molecule has 1 aromatic rings. The zero-order chi connectivity index (χ0) is 8.10. The van der Waals surface area contributed by atoms with Crippen LogP contribution in [0.2, 0.25) is 0 Å². The van der Waals surface area contributed by atoms with E-state index in [1.807, 2.05) is 6.07 Å². The van der Waals surface area contributed by atoms with E-state index in [2.05, 4.69) is 5.92 Å². The Morgan fingerprint density at radius 3 is 2.73 bits per heavy atom. The zero-order valence-electron chi connectivity index (χ0n) is 6.21. The van der Waals surface area contributed by atoms with E-state index >= 15 is 0 Å². The van der Waals surface area contributed by atoms with Crippen LogP contribution in [0.5, 0.6) is 0 Å². The highest BCUT2D eigenvalue weighted by molar-refractivity contribution is 5.07. The summed E-state index contributed by atoms with van der Waals surface area (Å²) in [4.78, 5) is 0. The van der Waals surface area contributed by atoms with Gasteiger partial charge in [-0.25, -0.2) is 0 Å². The molecular weight excluding hydrogens is 140 g/mol. The highest BCUT2D eigenvalue weighted by atomic mass is 16.4. The molecular formula is C9H10O2. The Balaban J connectivity index is 2.53. The quantitative estimate of drug-likeness (QED) is 0.659. The third kappa shape index (κ3) is 2.14. The maximum absolute atomic E-state index is 8.64. The van der Waals surface area contributed by atoms with E-state index in [1.54, 1.807) is 6.07 Å². The van der Waals surface area contributed by atoms with Gasteiger partial charge in [0.2, 0.25) is 0 Å². The van der Waals surface area contributed by atoms with Crippen molar-refractivity contribution < 1.29 is 9.52 Å². The SMILES string of the molecule is C#CCCc1ccc(CO)o1. The molecule has 0 atom stereocenters. The highest BCUT2D eigenvalue weighted by Crippen LogP contribution is 2.09. The fourth-order valence-electron chi connectivity index (χ4n) is 0.837. The molecule has 1 N–H and O–H groups in total. The molecule has 0 spiro atoms. The van der Waals surface area contributed by atoms with Crippen LogP contribution in [0.4, 0.5) is 0 Å². The van der Waals surface area contributed by atoms with Crippen molar-refractivity contribution in [1.82, 2.24) is 0 Å². The molecule has 2 nitrogen and oxygen atoms in total. The van der Waals surface area contributed by atoms with Gasteiger partial charge in [0.05, 0.1) is 0 Å². The standard InChI is InChI=1S/C9H10O2/c1-2-3-4-8-5-6-9(7-10)11-8/h1,5-6,10H,3-4,7H2. The number of aliphatic hydroxyl groups is 1. The second-order valence-corrected chi connectivity index (χ2v) is 2.23. The van der Waals surface area contributed by atoms with Gasteiger partial charge in [-0.15, -0.1) is 12.3 Å². The summed E-state index contributed by atoms with van der Waals surface area (Å²) in [5.41, 5.74) is 0. The van der Waals surface area contributed by atoms with Crippen molar-refractivity contribution in [2.75, 3.05) is 0 Å². The molecule has 0 fully saturated rings. The number of furan rings is 1. The van der Waals surface area contributed by atoms with Gasteiger partial charge in [0.15, 0.2) is 0 Å². The Morgan fingerprint density at radius 1 is 1.45 bits per heavy atom. The lowest BCUT2D eigenvalue weighted by atomic mass is 10.2. The van der Waals surface area contributed by atoms with Crippen molar-refractivity contribution >= 4 is 0 Å². The lowest BCUT2D eigenvalue weighted by molar-refractivity contribution is 0.243. The molecule has 2 heteroatoms. The fraction of sp³-hybridized carbons (Fsp3) is 0.333. The summed E-state index contributed by atoms with van der Waals surface area (Å²) in [5, 5.41) is 8.64.